The van der Waals surface area contributed by atoms with Crippen molar-refractivity contribution >= 4 is 34.7 Å². The topological polar surface area (TPSA) is 59.4 Å². The van der Waals surface area contributed by atoms with E-state index >= 15 is 0 Å². The van der Waals surface area contributed by atoms with Crippen LogP contribution in [0.5, 0.6) is 0 Å². The number of carbonyl (C=O) groups is 1. The molecule has 1 unspecified atom stereocenters. The Bertz CT molecular complexity index is 1090. The second-order valence-electron chi connectivity index (χ2n) is 9.46. The number of nitrogens with one attached hydrogen (secondary N) is 1. The number of carbonyl (C=O) groups excluding carboxylic acids is 1. The normalized spacial score (nSPS) is 16.9. The third-order valence-corrected chi connectivity index (χ3v) is 5.84. The molecule has 0 bridgehead atoms. The van der Waals surface area contributed by atoms with Crippen LogP contribution in [-0.4, -0.2) is 45.8 Å². The number of hydrogen-bond donors (Lipinski definition) is 1. The molecule has 32 heavy (non-hydrogen) atoms. The number of ether oxygens (including phenoxy) is 1. The Morgan fingerprint density at radius 1 is 1.22 bits per heavy atom. The van der Waals surface area contributed by atoms with Gasteiger partial charge in [-0.05, 0) is 69.4 Å². The summed E-state index contributed by atoms with van der Waals surface area (Å²) in [5, 5.41) is 4.28. The molecule has 0 saturated carbocycles. The molecule has 7 heteroatoms. The zero-order valence-corrected chi connectivity index (χ0v) is 19.7. The van der Waals surface area contributed by atoms with E-state index < -0.39 is 5.60 Å². The van der Waals surface area contributed by atoms with Gasteiger partial charge in [-0.15, -0.1) is 0 Å². The highest BCUT2D eigenvalue weighted by atomic mass is 35.5. The second-order valence-corrected chi connectivity index (χ2v) is 9.89. The minimum atomic E-state index is -0.479. The van der Waals surface area contributed by atoms with Crippen LogP contribution in [0.1, 0.15) is 39.2 Å². The number of rotatable bonds is 5. The minimum absolute atomic E-state index is 0.226. The van der Waals surface area contributed by atoms with E-state index in [1.807, 2.05) is 62.1 Å². The Labute approximate surface area is 194 Å². The predicted molar refractivity (Wildman–Crippen MR) is 129 cm³/mol. The molecule has 1 saturated heterocycles. The van der Waals surface area contributed by atoms with Crippen molar-refractivity contribution in [1.29, 1.82) is 0 Å². The highest BCUT2D eigenvalue weighted by Gasteiger charge is 2.27. The van der Waals surface area contributed by atoms with Crippen LogP contribution < -0.4 is 5.32 Å². The van der Waals surface area contributed by atoms with Gasteiger partial charge in [-0.25, -0.2) is 9.78 Å². The Morgan fingerprint density at radius 2 is 2.03 bits per heavy atom. The molecule has 6 nitrogen and oxygen atoms in total. The molecule has 1 atom stereocenters. The molecule has 1 aromatic heterocycles. The average Bonchev–Trinajstić information content (AvgIpc) is 3.09. The molecule has 0 aliphatic carbocycles. The van der Waals surface area contributed by atoms with Crippen molar-refractivity contribution in [2.75, 3.05) is 25.0 Å². The summed E-state index contributed by atoms with van der Waals surface area (Å²) in [5.74, 6) is 1.18. The summed E-state index contributed by atoms with van der Waals surface area (Å²) in [5.41, 5.74) is 2.68. The van der Waals surface area contributed by atoms with Crippen molar-refractivity contribution in [1.82, 2.24) is 14.5 Å². The van der Waals surface area contributed by atoms with Crippen LogP contribution in [-0.2, 0) is 11.3 Å². The molecule has 170 valence electrons. The number of hydrogen-bond acceptors (Lipinski definition) is 4. The summed E-state index contributed by atoms with van der Waals surface area (Å²) < 4.78 is 7.75. The van der Waals surface area contributed by atoms with E-state index in [0.717, 1.165) is 53.5 Å². The number of nitrogens with zero attached hydrogens (tertiary/aromatic N) is 3. The van der Waals surface area contributed by atoms with Gasteiger partial charge in [0.05, 0.1) is 17.6 Å². The lowest BCUT2D eigenvalue weighted by molar-refractivity contribution is 0.0172. The maximum Gasteiger partial charge on any atom is 0.410 e. The quantitative estimate of drug-likeness (QED) is 0.529. The van der Waals surface area contributed by atoms with Crippen molar-refractivity contribution in [2.45, 2.75) is 45.8 Å². The number of benzene rings is 2. The Morgan fingerprint density at radius 3 is 2.81 bits per heavy atom. The number of imidazole rings is 1. The lowest BCUT2D eigenvalue weighted by Gasteiger charge is -2.34. The zero-order valence-electron chi connectivity index (χ0n) is 19.0. The highest BCUT2D eigenvalue weighted by Crippen LogP contribution is 2.24. The monoisotopic (exact) mass is 454 g/mol. The number of aromatic nitrogens is 2. The molecular formula is C25H31ClN4O2. The van der Waals surface area contributed by atoms with Gasteiger partial charge < -0.3 is 19.5 Å². The van der Waals surface area contributed by atoms with Gasteiger partial charge in [0.25, 0.3) is 0 Å². The maximum atomic E-state index is 12.5. The van der Waals surface area contributed by atoms with E-state index in [4.69, 9.17) is 21.3 Å². The van der Waals surface area contributed by atoms with Crippen LogP contribution in [0.25, 0.3) is 11.0 Å². The third-order valence-electron chi connectivity index (χ3n) is 5.60. The van der Waals surface area contributed by atoms with E-state index in [0.29, 0.717) is 19.0 Å². The molecule has 3 aromatic rings. The summed E-state index contributed by atoms with van der Waals surface area (Å²) >= 11 is 6.20. The van der Waals surface area contributed by atoms with Gasteiger partial charge in [-0.1, -0.05) is 35.9 Å². The number of para-hydroxylation sites is 2. The Kier molecular flexibility index (Phi) is 6.60. The number of halogens is 1. The number of amides is 1. The van der Waals surface area contributed by atoms with Crippen LogP contribution in [0.2, 0.25) is 5.02 Å². The number of likely N-dealkylation sites (tertiary alicyclic amines) is 1. The van der Waals surface area contributed by atoms with Gasteiger partial charge in [0.2, 0.25) is 5.95 Å². The second kappa shape index (κ2) is 9.41. The van der Waals surface area contributed by atoms with Crippen LogP contribution >= 0.6 is 11.6 Å². The molecule has 2 aromatic carbocycles. The van der Waals surface area contributed by atoms with E-state index in [1.165, 1.54) is 0 Å². The average molecular weight is 455 g/mol. The molecule has 0 radical (unpaired) electrons. The first kappa shape index (κ1) is 22.5. The lowest BCUT2D eigenvalue weighted by Crippen LogP contribution is -2.44. The minimum Gasteiger partial charge on any atom is -0.444 e. The highest BCUT2D eigenvalue weighted by molar-refractivity contribution is 6.30. The molecule has 1 aliphatic heterocycles. The summed E-state index contributed by atoms with van der Waals surface area (Å²) in [4.78, 5) is 19.2. The van der Waals surface area contributed by atoms with Crippen molar-refractivity contribution in [3.05, 3.63) is 59.1 Å². The first-order valence-electron chi connectivity index (χ1n) is 11.2. The van der Waals surface area contributed by atoms with E-state index in [2.05, 4.69) is 22.0 Å². The molecule has 1 N–H and O–H groups in total. The Balaban J connectivity index is 1.47. The van der Waals surface area contributed by atoms with Crippen LogP contribution in [0.3, 0.4) is 0 Å². The van der Waals surface area contributed by atoms with Crippen molar-refractivity contribution in [3.63, 3.8) is 0 Å². The van der Waals surface area contributed by atoms with Crippen LogP contribution in [0.4, 0.5) is 10.7 Å². The smallest absolute Gasteiger partial charge is 0.410 e. The summed E-state index contributed by atoms with van der Waals surface area (Å²) in [6, 6.07) is 16.1. The SMILES string of the molecule is CC(C)(C)OC(=O)N1CCCC(CNc2nc3ccccc3n2Cc2cccc(Cl)c2)C1. The molecule has 1 amide bonds. The number of piperidine rings is 1. The fraction of sp³-hybridized carbons (Fsp3) is 0.440. The van der Waals surface area contributed by atoms with Crippen molar-refractivity contribution in [3.8, 4) is 0 Å². The van der Waals surface area contributed by atoms with Gasteiger partial charge in [-0.3, -0.25) is 0 Å². The molecule has 4 rings (SSSR count). The zero-order chi connectivity index (χ0) is 22.7. The van der Waals surface area contributed by atoms with Gasteiger partial charge in [0, 0.05) is 24.7 Å². The number of anilines is 1. The predicted octanol–water partition coefficient (Wildman–Crippen LogP) is 5.80. The third kappa shape index (κ3) is 5.54. The van der Waals surface area contributed by atoms with Crippen molar-refractivity contribution < 1.29 is 9.53 Å². The van der Waals surface area contributed by atoms with Gasteiger partial charge in [0.1, 0.15) is 5.60 Å². The van der Waals surface area contributed by atoms with E-state index in [-0.39, 0.29) is 6.09 Å². The van der Waals surface area contributed by atoms with Gasteiger partial charge in [0.15, 0.2) is 0 Å². The molecule has 1 fully saturated rings. The van der Waals surface area contributed by atoms with Gasteiger partial charge in [-0.2, -0.15) is 0 Å². The maximum absolute atomic E-state index is 12.5. The van der Waals surface area contributed by atoms with E-state index in [9.17, 15) is 4.79 Å². The van der Waals surface area contributed by atoms with E-state index in [1.54, 1.807) is 0 Å². The first-order valence-corrected chi connectivity index (χ1v) is 11.6. The molecule has 0 spiro atoms. The first-order chi connectivity index (χ1) is 15.3. The molecule has 1 aliphatic rings. The van der Waals surface area contributed by atoms with Gasteiger partial charge >= 0.3 is 6.09 Å². The van der Waals surface area contributed by atoms with Crippen molar-refractivity contribution in [2.24, 2.45) is 5.92 Å². The molecular weight excluding hydrogens is 424 g/mol. The Hall–Kier alpha value is -2.73. The fourth-order valence-corrected chi connectivity index (χ4v) is 4.36. The summed E-state index contributed by atoms with van der Waals surface area (Å²) in [7, 11) is 0. The fourth-order valence-electron chi connectivity index (χ4n) is 4.15. The largest absolute Gasteiger partial charge is 0.444 e. The lowest BCUT2D eigenvalue weighted by atomic mass is 9.98. The standard InChI is InChI=1S/C25H31ClN4O2/c1-25(2,3)32-24(31)29-13-7-9-19(16-29)15-27-23-28-21-11-4-5-12-22(21)30(23)17-18-8-6-10-20(26)14-18/h4-6,8,10-12,14,19H,7,9,13,15-17H2,1-3H3,(H,27,28). The summed E-state index contributed by atoms with van der Waals surface area (Å²) in [6.45, 7) is 8.57. The molecule has 2 heterocycles. The number of fused-ring (bicyclic) bond motifs is 1. The van der Waals surface area contributed by atoms with Crippen LogP contribution in [0.15, 0.2) is 48.5 Å². The summed E-state index contributed by atoms with van der Waals surface area (Å²) in [6.07, 6.45) is 1.82. The van der Waals surface area contributed by atoms with Crippen LogP contribution in [0, 0.1) is 5.92 Å².